The summed E-state index contributed by atoms with van der Waals surface area (Å²) >= 11 is 0. The fourth-order valence-electron chi connectivity index (χ4n) is 9.14. The van der Waals surface area contributed by atoms with E-state index in [1.807, 2.05) is 0 Å². The third-order valence-electron chi connectivity index (χ3n) is 11.3. The van der Waals surface area contributed by atoms with Crippen LogP contribution in [-0.2, 0) is 14.3 Å². The lowest BCUT2D eigenvalue weighted by Gasteiger charge is -2.62. The number of hydrogen-bond acceptors (Lipinski definition) is 4. The lowest BCUT2D eigenvalue weighted by Crippen LogP contribution is -2.58. The van der Waals surface area contributed by atoms with Gasteiger partial charge >= 0.3 is 5.97 Å². The van der Waals surface area contributed by atoms with Crippen molar-refractivity contribution in [1.82, 2.24) is 0 Å². The number of Topliss-reactive ketones (excluding diaryl/α,β-unsaturated/α-hetero) is 1. The van der Waals surface area contributed by atoms with Gasteiger partial charge in [-0.3, -0.25) is 9.59 Å². The summed E-state index contributed by atoms with van der Waals surface area (Å²) in [5, 5.41) is 11.9. The minimum Gasteiger partial charge on any atom is -0.466 e. The van der Waals surface area contributed by atoms with Gasteiger partial charge in [-0.2, -0.15) is 0 Å². The minimum atomic E-state index is -0.636. The van der Waals surface area contributed by atoms with Crippen LogP contribution in [0, 0.1) is 40.4 Å². The second kappa shape index (κ2) is 9.63. The Bertz CT molecular complexity index is 733. The highest BCUT2D eigenvalue weighted by atomic mass is 16.5. The number of ketones is 1. The van der Waals surface area contributed by atoms with Crippen LogP contribution in [0.3, 0.4) is 0 Å². The summed E-state index contributed by atoms with van der Waals surface area (Å²) in [5.41, 5.74) is -0.385. The monoisotopic (exact) mass is 460 g/mol. The predicted molar refractivity (Wildman–Crippen MR) is 131 cm³/mol. The molecule has 4 rings (SSSR count). The summed E-state index contributed by atoms with van der Waals surface area (Å²) in [5.74, 6) is 3.40. The first-order chi connectivity index (χ1) is 15.7. The smallest absolute Gasteiger partial charge is 0.305 e. The summed E-state index contributed by atoms with van der Waals surface area (Å²) < 4.78 is 5.46. The van der Waals surface area contributed by atoms with Crippen LogP contribution in [-0.4, -0.2) is 29.1 Å². The molecule has 0 aromatic rings. The molecule has 0 spiro atoms. The van der Waals surface area contributed by atoms with Gasteiger partial charge in [-0.15, -0.1) is 0 Å². The van der Waals surface area contributed by atoms with Crippen molar-refractivity contribution in [3.63, 3.8) is 0 Å². The van der Waals surface area contributed by atoms with Crippen LogP contribution in [0.15, 0.2) is 0 Å². The van der Waals surface area contributed by atoms with E-state index in [0.29, 0.717) is 48.4 Å². The number of esters is 1. The molecule has 188 valence electrons. The van der Waals surface area contributed by atoms with Gasteiger partial charge in [0.05, 0.1) is 12.2 Å². The summed E-state index contributed by atoms with van der Waals surface area (Å²) in [6.45, 7) is 9.77. The SMILES string of the molecule is CCCCCC(=O)OCCCC1(O)CC[C@H]2[C@@H]3CCC4CC(=O)CC(C)[C@]4(C)[C@@H]3CC[C@@]21C. The van der Waals surface area contributed by atoms with Gasteiger partial charge in [-0.05, 0) is 98.2 Å². The maximum absolute atomic E-state index is 12.3. The molecule has 0 amide bonds. The second-order valence-corrected chi connectivity index (χ2v) is 12.7. The minimum absolute atomic E-state index is 0.0315. The number of unbranched alkanes of at least 4 members (excludes halogenated alkanes) is 2. The Morgan fingerprint density at radius 1 is 1.03 bits per heavy atom. The summed E-state index contributed by atoms with van der Waals surface area (Å²) in [6, 6.07) is 0. The molecule has 0 bridgehead atoms. The molecule has 4 fully saturated rings. The molecule has 4 nitrogen and oxygen atoms in total. The molecule has 1 N–H and O–H groups in total. The van der Waals surface area contributed by atoms with Crippen molar-refractivity contribution in [3.05, 3.63) is 0 Å². The molecule has 4 aliphatic carbocycles. The van der Waals surface area contributed by atoms with Gasteiger partial charge in [-0.25, -0.2) is 0 Å². The van der Waals surface area contributed by atoms with Gasteiger partial charge in [0.2, 0.25) is 0 Å². The lowest BCUT2D eigenvalue weighted by atomic mass is 9.42. The molecule has 33 heavy (non-hydrogen) atoms. The van der Waals surface area contributed by atoms with Crippen molar-refractivity contribution >= 4 is 11.8 Å². The van der Waals surface area contributed by atoms with E-state index in [0.717, 1.165) is 64.2 Å². The fraction of sp³-hybridized carbons (Fsp3) is 0.931. The van der Waals surface area contributed by atoms with Gasteiger partial charge in [0, 0.05) is 19.3 Å². The zero-order valence-corrected chi connectivity index (χ0v) is 21.7. The van der Waals surface area contributed by atoms with Gasteiger partial charge in [0.25, 0.3) is 0 Å². The number of carbonyl (C=O) groups excluding carboxylic acids is 2. The Kier molecular flexibility index (Phi) is 7.35. The van der Waals surface area contributed by atoms with Gasteiger partial charge < -0.3 is 9.84 Å². The van der Waals surface area contributed by atoms with Crippen molar-refractivity contribution in [1.29, 1.82) is 0 Å². The van der Waals surface area contributed by atoms with Crippen molar-refractivity contribution in [3.8, 4) is 0 Å². The fourth-order valence-corrected chi connectivity index (χ4v) is 9.14. The maximum Gasteiger partial charge on any atom is 0.305 e. The largest absolute Gasteiger partial charge is 0.466 e. The van der Waals surface area contributed by atoms with Gasteiger partial charge in [0.1, 0.15) is 5.78 Å². The Morgan fingerprint density at radius 3 is 2.55 bits per heavy atom. The third kappa shape index (κ3) is 4.32. The van der Waals surface area contributed by atoms with E-state index < -0.39 is 5.60 Å². The number of aliphatic hydroxyl groups is 1. The van der Waals surface area contributed by atoms with Crippen LogP contribution in [0.2, 0.25) is 0 Å². The van der Waals surface area contributed by atoms with Crippen molar-refractivity contribution in [2.24, 2.45) is 40.4 Å². The molecule has 0 radical (unpaired) electrons. The van der Waals surface area contributed by atoms with Crippen molar-refractivity contribution < 1.29 is 19.4 Å². The average molecular weight is 461 g/mol. The first-order valence-electron chi connectivity index (χ1n) is 14.1. The molecule has 3 unspecified atom stereocenters. The van der Waals surface area contributed by atoms with E-state index in [2.05, 4.69) is 27.7 Å². The van der Waals surface area contributed by atoms with Gasteiger partial charge in [0.15, 0.2) is 0 Å². The third-order valence-corrected chi connectivity index (χ3v) is 11.3. The summed E-state index contributed by atoms with van der Waals surface area (Å²) in [7, 11) is 0. The number of rotatable bonds is 8. The van der Waals surface area contributed by atoms with E-state index in [9.17, 15) is 14.7 Å². The molecule has 4 heteroatoms. The molecular weight excluding hydrogens is 412 g/mol. The first-order valence-corrected chi connectivity index (χ1v) is 14.1. The number of ether oxygens (including phenoxy) is 1. The molecule has 8 atom stereocenters. The van der Waals surface area contributed by atoms with Crippen LogP contribution in [0.25, 0.3) is 0 Å². The molecule has 0 saturated heterocycles. The Morgan fingerprint density at radius 2 is 1.79 bits per heavy atom. The Labute approximate surface area is 201 Å². The Balaban J connectivity index is 1.38. The quantitative estimate of drug-likeness (QED) is 0.333. The number of hydrogen-bond donors (Lipinski definition) is 1. The van der Waals surface area contributed by atoms with Crippen LogP contribution >= 0.6 is 0 Å². The highest BCUT2D eigenvalue weighted by molar-refractivity contribution is 5.80. The molecular formula is C29H48O4. The molecule has 4 saturated carbocycles. The highest BCUT2D eigenvalue weighted by Crippen LogP contribution is 2.69. The highest BCUT2D eigenvalue weighted by Gasteiger charge is 2.65. The Hall–Kier alpha value is -0.900. The number of carbonyl (C=O) groups is 2. The van der Waals surface area contributed by atoms with E-state index in [4.69, 9.17) is 4.74 Å². The van der Waals surface area contributed by atoms with E-state index in [1.165, 1.54) is 19.3 Å². The van der Waals surface area contributed by atoms with Crippen LogP contribution < -0.4 is 0 Å². The molecule has 4 aliphatic rings. The molecule has 0 aromatic heterocycles. The molecule has 0 heterocycles. The second-order valence-electron chi connectivity index (χ2n) is 12.7. The number of fused-ring (bicyclic) bond motifs is 5. The maximum atomic E-state index is 12.3. The average Bonchev–Trinajstić information content (AvgIpc) is 3.04. The topological polar surface area (TPSA) is 63.6 Å². The standard InChI is InChI=1S/C29H48O4/c1-5-6-7-9-26(31)33-17-8-14-29(32)16-13-24-23-11-10-21-19-22(30)18-20(2)28(21,4)25(23)12-15-27(24,29)3/h20-21,23-25,32H,5-19H2,1-4H3/t20?,21?,23-,24-,25+,27-,28-,29?/m0/s1. The predicted octanol–water partition coefficient (Wildman–Crippen LogP) is 6.48. The normalized spacial score (nSPS) is 44.6. The lowest BCUT2D eigenvalue weighted by molar-refractivity contribution is -0.170. The summed E-state index contributed by atoms with van der Waals surface area (Å²) in [6.07, 6.45) is 13.4. The van der Waals surface area contributed by atoms with Gasteiger partial charge in [-0.1, -0.05) is 40.5 Å². The van der Waals surface area contributed by atoms with Crippen molar-refractivity contribution in [2.45, 2.75) is 123 Å². The van der Waals surface area contributed by atoms with Crippen LogP contribution in [0.4, 0.5) is 0 Å². The molecule has 0 aliphatic heterocycles. The molecule has 0 aromatic carbocycles. The first kappa shape index (κ1) is 25.2. The van der Waals surface area contributed by atoms with Crippen LogP contribution in [0.1, 0.15) is 118 Å². The summed E-state index contributed by atoms with van der Waals surface area (Å²) in [4.78, 5) is 24.2. The van der Waals surface area contributed by atoms with E-state index in [-0.39, 0.29) is 16.8 Å². The van der Waals surface area contributed by atoms with E-state index in [1.54, 1.807) is 0 Å². The van der Waals surface area contributed by atoms with Crippen LogP contribution in [0.5, 0.6) is 0 Å². The van der Waals surface area contributed by atoms with E-state index >= 15 is 0 Å². The van der Waals surface area contributed by atoms with Crippen molar-refractivity contribution in [2.75, 3.05) is 6.61 Å². The zero-order valence-electron chi connectivity index (χ0n) is 21.7. The zero-order chi connectivity index (χ0) is 23.9.